The summed E-state index contributed by atoms with van der Waals surface area (Å²) in [7, 11) is 1.73. The highest BCUT2D eigenvalue weighted by Crippen LogP contribution is 2.36. The zero-order valence-electron chi connectivity index (χ0n) is 17.4. The number of carbonyl (C=O) groups is 1. The van der Waals surface area contributed by atoms with Crippen LogP contribution in [0, 0.1) is 6.92 Å². The van der Waals surface area contributed by atoms with Crippen molar-refractivity contribution in [3.8, 4) is 16.3 Å². The second-order valence-corrected chi connectivity index (χ2v) is 9.22. The Morgan fingerprint density at radius 1 is 1.31 bits per heavy atom. The maximum Gasteiger partial charge on any atom is 0.409 e. The van der Waals surface area contributed by atoms with E-state index in [-0.39, 0.29) is 6.09 Å². The Hall–Kier alpha value is -1.79. The molecule has 29 heavy (non-hydrogen) atoms. The third-order valence-electron chi connectivity index (χ3n) is 5.04. The van der Waals surface area contributed by atoms with Crippen molar-refractivity contribution in [2.45, 2.75) is 65.0 Å². The van der Waals surface area contributed by atoms with E-state index in [9.17, 15) is 4.79 Å². The quantitative estimate of drug-likeness (QED) is 0.499. The Morgan fingerprint density at radius 3 is 2.76 bits per heavy atom. The average Bonchev–Trinajstić information content (AvgIpc) is 3.08. The lowest BCUT2D eigenvalue weighted by atomic mass is 9.98. The molecule has 1 aliphatic rings. The zero-order valence-corrected chi connectivity index (χ0v) is 18.9. The number of nitrogens with zero attached hydrogens (tertiary/aromatic N) is 2. The number of aryl methyl sites for hydroxylation is 1. The molecule has 0 atom stereocenters. The lowest BCUT2D eigenvalue weighted by molar-refractivity contribution is 0.109. The highest BCUT2D eigenvalue weighted by Gasteiger charge is 2.19. The Morgan fingerprint density at radius 2 is 2.07 bits per heavy atom. The van der Waals surface area contributed by atoms with Crippen LogP contribution in [0.2, 0.25) is 4.34 Å². The van der Waals surface area contributed by atoms with Crippen LogP contribution in [-0.4, -0.2) is 35.7 Å². The number of thiophene rings is 1. The van der Waals surface area contributed by atoms with E-state index in [0.29, 0.717) is 23.6 Å². The molecule has 0 saturated heterocycles. The van der Waals surface area contributed by atoms with E-state index in [2.05, 4.69) is 0 Å². The Kier molecular flexibility index (Phi) is 7.78. The van der Waals surface area contributed by atoms with Gasteiger partial charge >= 0.3 is 6.09 Å². The van der Waals surface area contributed by atoms with Crippen molar-refractivity contribution in [3.63, 3.8) is 0 Å². The molecule has 3 rings (SSSR count). The summed E-state index contributed by atoms with van der Waals surface area (Å²) in [5.41, 5.74) is 2.68. The van der Waals surface area contributed by atoms with Gasteiger partial charge in [0.1, 0.15) is 5.75 Å². The normalized spacial score (nSPS) is 14.6. The largest absolute Gasteiger partial charge is 0.489 e. The minimum atomic E-state index is -0.333. The van der Waals surface area contributed by atoms with Gasteiger partial charge in [-0.05, 0) is 62.8 Å². The maximum atomic E-state index is 12.1. The third-order valence-corrected chi connectivity index (χ3v) is 6.37. The molecule has 1 aliphatic carbocycles. The molecule has 0 radical (unpaired) electrons. The lowest BCUT2D eigenvalue weighted by Crippen LogP contribution is -2.27. The fraction of sp³-hybridized carbons (Fsp3) is 0.545. The van der Waals surface area contributed by atoms with Gasteiger partial charge in [-0.25, -0.2) is 9.78 Å². The van der Waals surface area contributed by atoms with Crippen molar-refractivity contribution >= 4 is 29.0 Å². The van der Waals surface area contributed by atoms with Crippen molar-refractivity contribution < 1.29 is 14.3 Å². The predicted molar refractivity (Wildman–Crippen MR) is 118 cm³/mol. The first-order valence-corrected chi connectivity index (χ1v) is 11.5. The van der Waals surface area contributed by atoms with Crippen molar-refractivity contribution in [1.29, 1.82) is 0 Å². The van der Waals surface area contributed by atoms with Crippen LogP contribution in [0.15, 0.2) is 18.2 Å². The molecule has 2 aromatic rings. The first kappa shape index (κ1) is 21.9. The fourth-order valence-corrected chi connectivity index (χ4v) is 4.74. The van der Waals surface area contributed by atoms with Gasteiger partial charge in [0.15, 0.2) is 0 Å². The van der Waals surface area contributed by atoms with Crippen LogP contribution in [0.25, 0.3) is 10.6 Å². The minimum absolute atomic E-state index is 0.296. The molecule has 0 bridgehead atoms. The van der Waals surface area contributed by atoms with Gasteiger partial charge in [0.2, 0.25) is 0 Å². The Bertz CT molecular complexity index is 833. The van der Waals surface area contributed by atoms with E-state index in [4.69, 9.17) is 26.1 Å². The summed E-state index contributed by atoms with van der Waals surface area (Å²) in [5, 5.41) is 0. The van der Waals surface area contributed by atoms with E-state index in [1.165, 1.54) is 30.6 Å². The molecule has 0 aliphatic heterocycles. The summed E-state index contributed by atoms with van der Waals surface area (Å²) < 4.78 is 12.1. The molecule has 1 saturated carbocycles. The second kappa shape index (κ2) is 10.3. The second-order valence-electron chi connectivity index (χ2n) is 7.53. The number of ether oxygens (including phenoxy) is 2. The van der Waals surface area contributed by atoms with Crippen molar-refractivity contribution in [2.75, 3.05) is 13.7 Å². The van der Waals surface area contributed by atoms with Crippen LogP contribution >= 0.6 is 22.9 Å². The summed E-state index contributed by atoms with van der Waals surface area (Å²) in [5.74, 6) is 0.852. The third kappa shape index (κ3) is 5.86. The number of amides is 1. The first-order chi connectivity index (χ1) is 14.0. The number of carbonyl (C=O) groups excluding carboxylic acids is 1. The SMILES string of the molecule is CCCOC(=O)N(C)Cc1cc(Cl)sc1-c1ccc(OC2CCCCC2)c(C)n1. The van der Waals surface area contributed by atoms with Crippen LogP contribution < -0.4 is 4.74 Å². The highest BCUT2D eigenvalue weighted by atomic mass is 35.5. The fourth-order valence-electron chi connectivity index (χ4n) is 3.51. The van der Waals surface area contributed by atoms with Crippen LogP contribution in [0.1, 0.15) is 56.7 Å². The van der Waals surface area contributed by atoms with E-state index >= 15 is 0 Å². The topological polar surface area (TPSA) is 51.7 Å². The molecule has 5 nitrogen and oxygen atoms in total. The molecular weight excluding hydrogens is 408 g/mol. The molecule has 0 N–H and O–H groups in total. The summed E-state index contributed by atoms with van der Waals surface area (Å²) in [6.07, 6.45) is 6.77. The monoisotopic (exact) mass is 436 g/mol. The zero-order chi connectivity index (χ0) is 20.8. The van der Waals surface area contributed by atoms with Gasteiger partial charge in [-0.3, -0.25) is 0 Å². The smallest absolute Gasteiger partial charge is 0.409 e. The molecule has 158 valence electrons. The molecule has 7 heteroatoms. The molecule has 0 unspecified atom stereocenters. The van der Waals surface area contributed by atoms with Gasteiger partial charge in [0.05, 0.1) is 39.9 Å². The van der Waals surface area contributed by atoms with Crippen LogP contribution in [0.5, 0.6) is 5.75 Å². The van der Waals surface area contributed by atoms with Gasteiger partial charge in [-0.2, -0.15) is 0 Å². The average molecular weight is 437 g/mol. The molecule has 2 aromatic heterocycles. The summed E-state index contributed by atoms with van der Waals surface area (Å²) in [4.78, 5) is 19.4. The summed E-state index contributed by atoms with van der Waals surface area (Å²) in [6, 6.07) is 5.88. The van der Waals surface area contributed by atoms with Crippen LogP contribution in [-0.2, 0) is 11.3 Å². The number of hydrogen-bond acceptors (Lipinski definition) is 5. The van der Waals surface area contributed by atoms with Crippen molar-refractivity contribution in [1.82, 2.24) is 9.88 Å². The Balaban J connectivity index is 1.74. The number of pyridine rings is 1. The first-order valence-electron chi connectivity index (χ1n) is 10.3. The number of rotatable bonds is 7. The maximum absolute atomic E-state index is 12.1. The van der Waals surface area contributed by atoms with E-state index < -0.39 is 0 Å². The minimum Gasteiger partial charge on any atom is -0.489 e. The Labute approximate surface area is 182 Å². The number of halogens is 1. The number of aromatic nitrogens is 1. The number of hydrogen-bond donors (Lipinski definition) is 0. The molecule has 0 spiro atoms. The molecule has 1 amide bonds. The lowest BCUT2D eigenvalue weighted by Gasteiger charge is -2.23. The van der Waals surface area contributed by atoms with Gasteiger partial charge in [0, 0.05) is 7.05 Å². The van der Waals surface area contributed by atoms with E-state index in [1.54, 1.807) is 11.9 Å². The van der Waals surface area contributed by atoms with Crippen LogP contribution in [0.3, 0.4) is 0 Å². The van der Waals surface area contributed by atoms with E-state index in [1.807, 2.05) is 32.0 Å². The van der Waals surface area contributed by atoms with Gasteiger partial charge in [-0.1, -0.05) is 24.9 Å². The van der Waals surface area contributed by atoms with Crippen LogP contribution in [0.4, 0.5) is 4.79 Å². The highest BCUT2D eigenvalue weighted by molar-refractivity contribution is 7.19. The standard InChI is InChI=1S/C22H29ClN2O3S/c1-4-12-27-22(26)25(3)14-16-13-20(23)29-21(16)18-10-11-19(15(2)24-18)28-17-8-6-5-7-9-17/h10-11,13,17H,4-9,12,14H2,1-3H3. The molecular formula is C22H29ClN2O3S. The van der Waals surface area contributed by atoms with Crippen molar-refractivity contribution in [3.05, 3.63) is 33.8 Å². The van der Waals surface area contributed by atoms with Gasteiger partial charge < -0.3 is 14.4 Å². The van der Waals surface area contributed by atoms with Gasteiger partial charge in [-0.15, -0.1) is 11.3 Å². The van der Waals surface area contributed by atoms with Crippen molar-refractivity contribution in [2.24, 2.45) is 0 Å². The predicted octanol–water partition coefficient (Wildman–Crippen LogP) is 6.46. The van der Waals surface area contributed by atoms with E-state index in [0.717, 1.165) is 46.8 Å². The molecule has 2 heterocycles. The molecule has 1 fully saturated rings. The summed E-state index contributed by atoms with van der Waals surface area (Å²) >= 11 is 7.77. The molecule has 0 aromatic carbocycles. The summed E-state index contributed by atoms with van der Waals surface area (Å²) in [6.45, 7) is 4.79. The van der Waals surface area contributed by atoms with Gasteiger partial charge in [0.25, 0.3) is 0 Å².